The van der Waals surface area contributed by atoms with Crippen molar-refractivity contribution < 1.29 is 4.74 Å². The minimum absolute atomic E-state index is 0.344. The van der Waals surface area contributed by atoms with Crippen LogP contribution in [0.3, 0.4) is 0 Å². The van der Waals surface area contributed by atoms with Gasteiger partial charge in [-0.25, -0.2) is 0 Å². The molecule has 0 aliphatic carbocycles. The Morgan fingerprint density at radius 1 is 1.40 bits per heavy atom. The van der Waals surface area contributed by atoms with E-state index in [4.69, 9.17) is 16.3 Å². The lowest BCUT2D eigenvalue weighted by molar-refractivity contribution is 0.0299. The van der Waals surface area contributed by atoms with Crippen LogP contribution in [0.15, 0.2) is 12.1 Å². The zero-order valence-electron chi connectivity index (χ0n) is 8.72. The van der Waals surface area contributed by atoms with E-state index < -0.39 is 0 Å². The van der Waals surface area contributed by atoms with Crippen molar-refractivity contribution in [3.63, 3.8) is 0 Å². The highest BCUT2D eigenvalue weighted by molar-refractivity contribution is 6.32. The van der Waals surface area contributed by atoms with Gasteiger partial charge in [-0.2, -0.15) is 0 Å². The third-order valence-electron chi connectivity index (χ3n) is 3.47. The van der Waals surface area contributed by atoms with Crippen LogP contribution in [0.1, 0.15) is 22.6 Å². The van der Waals surface area contributed by atoms with Gasteiger partial charge in [0, 0.05) is 29.6 Å². The molecule has 1 fully saturated rings. The largest absolute Gasteiger partial charge is 0.371 e. The highest BCUT2D eigenvalue weighted by atomic mass is 35.5. The van der Waals surface area contributed by atoms with Gasteiger partial charge in [0.1, 0.15) is 0 Å². The average molecular weight is 224 g/mol. The molecule has 1 aromatic carbocycles. The summed E-state index contributed by atoms with van der Waals surface area (Å²) in [5.74, 6) is 0.492. The number of halogens is 1. The molecule has 0 bridgehead atoms. The summed E-state index contributed by atoms with van der Waals surface area (Å²) in [6.07, 6.45) is 0.344. The standard InChI is InChI=1S/C12H14ClNO/c1-7-2-3-8-9-4-14-5-11(9)15-6-10(8)12(7)13/h2-3,9,11,14H,4-6H2,1H3. The van der Waals surface area contributed by atoms with Gasteiger partial charge in [-0.3, -0.25) is 0 Å². The fourth-order valence-electron chi connectivity index (χ4n) is 2.58. The van der Waals surface area contributed by atoms with E-state index in [0.29, 0.717) is 18.6 Å². The molecule has 0 radical (unpaired) electrons. The first-order valence-corrected chi connectivity index (χ1v) is 5.75. The molecule has 2 unspecified atom stereocenters. The van der Waals surface area contributed by atoms with Gasteiger partial charge >= 0.3 is 0 Å². The molecule has 0 aromatic heterocycles. The van der Waals surface area contributed by atoms with Gasteiger partial charge < -0.3 is 10.1 Å². The number of rotatable bonds is 0. The maximum atomic E-state index is 6.30. The molecule has 2 heterocycles. The summed E-state index contributed by atoms with van der Waals surface area (Å²) in [6.45, 7) is 4.69. The Bertz CT molecular complexity index is 405. The van der Waals surface area contributed by atoms with Crippen LogP contribution >= 0.6 is 11.6 Å². The number of hydrogen-bond acceptors (Lipinski definition) is 2. The number of nitrogens with one attached hydrogen (secondary N) is 1. The predicted molar refractivity (Wildman–Crippen MR) is 60.4 cm³/mol. The first kappa shape index (κ1) is 9.64. The number of hydrogen-bond donors (Lipinski definition) is 1. The number of ether oxygens (including phenoxy) is 1. The SMILES string of the molecule is Cc1ccc2c(c1Cl)COC1CNCC21. The molecule has 80 valence electrons. The maximum Gasteiger partial charge on any atom is 0.0784 e. The Hall–Kier alpha value is -0.570. The molecule has 1 aromatic rings. The van der Waals surface area contributed by atoms with Crippen LogP contribution < -0.4 is 5.32 Å². The Labute approximate surface area is 94.6 Å². The van der Waals surface area contributed by atoms with Gasteiger partial charge in [-0.05, 0) is 18.1 Å². The molecule has 0 amide bonds. The topological polar surface area (TPSA) is 21.3 Å². The zero-order valence-corrected chi connectivity index (χ0v) is 9.47. The summed E-state index contributed by atoms with van der Waals surface area (Å²) >= 11 is 6.30. The molecular weight excluding hydrogens is 210 g/mol. The fourth-order valence-corrected chi connectivity index (χ4v) is 2.80. The van der Waals surface area contributed by atoms with Gasteiger partial charge in [0.25, 0.3) is 0 Å². The van der Waals surface area contributed by atoms with Crippen LogP contribution in [0.2, 0.25) is 5.02 Å². The van der Waals surface area contributed by atoms with E-state index in [1.165, 1.54) is 11.1 Å². The molecule has 2 aliphatic heterocycles. The first-order valence-electron chi connectivity index (χ1n) is 5.37. The first-order chi connectivity index (χ1) is 7.27. The van der Waals surface area contributed by atoms with E-state index in [0.717, 1.165) is 23.7 Å². The summed E-state index contributed by atoms with van der Waals surface area (Å²) in [6, 6.07) is 4.32. The van der Waals surface area contributed by atoms with Crippen LogP contribution in [-0.2, 0) is 11.3 Å². The minimum atomic E-state index is 0.344. The summed E-state index contributed by atoms with van der Waals surface area (Å²) in [5.41, 5.74) is 3.72. The Kier molecular flexibility index (Phi) is 2.23. The molecule has 2 atom stereocenters. The highest BCUT2D eigenvalue weighted by Gasteiger charge is 2.35. The number of benzene rings is 1. The molecule has 2 aliphatic rings. The molecule has 2 nitrogen and oxygen atoms in total. The summed E-state index contributed by atoms with van der Waals surface area (Å²) in [4.78, 5) is 0. The third kappa shape index (κ3) is 1.40. The monoisotopic (exact) mass is 223 g/mol. The second-order valence-electron chi connectivity index (χ2n) is 4.38. The van der Waals surface area contributed by atoms with Gasteiger partial charge in [0.15, 0.2) is 0 Å². The molecule has 0 saturated carbocycles. The Morgan fingerprint density at radius 2 is 2.27 bits per heavy atom. The van der Waals surface area contributed by atoms with E-state index >= 15 is 0 Å². The van der Waals surface area contributed by atoms with Crippen LogP contribution in [0.4, 0.5) is 0 Å². The van der Waals surface area contributed by atoms with Crippen molar-refractivity contribution in [2.24, 2.45) is 0 Å². The van der Waals surface area contributed by atoms with E-state index in [1.807, 2.05) is 6.92 Å². The summed E-state index contributed by atoms with van der Waals surface area (Å²) < 4.78 is 5.82. The van der Waals surface area contributed by atoms with Crippen LogP contribution in [0.5, 0.6) is 0 Å². The maximum absolute atomic E-state index is 6.30. The Balaban J connectivity index is 2.11. The Morgan fingerprint density at radius 3 is 3.13 bits per heavy atom. The quantitative estimate of drug-likeness (QED) is 0.729. The van der Waals surface area contributed by atoms with Crippen molar-refractivity contribution in [2.75, 3.05) is 13.1 Å². The van der Waals surface area contributed by atoms with Crippen LogP contribution in [-0.4, -0.2) is 19.2 Å². The molecule has 1 saturated heterocycles. The van der Waals surface area contributed by atoms with Crippen molar-refractivity contribution >= 4 is 11.6 Å². The van der Waals surface area contributed by atoms with E-state index in [2.05, 4.69) is 17.4 Å². The summed E-state index contributed by atoms with van der Waals surface area (Å²) in [7, 11) is 0. The van der Waals surface area contributed by atoms with Crippen LogP contribution in [0.25, 0.3) is 0 Å². The molecule has 0 spiro atoms. The van der Waals surface area contributed by atoms with Crippen LogP contribution in [0, 0.1) is 6.92 Å². The molecule has 3 heteroatoms. The average Bonchev–Trinajstić information content (AvgIpc) is 2.71. The van der Waals surface area contributed by atoms with Crippen molar-refractivity contribution in [2.45, 2.75) is 25.6 Å². The lowest BCUT2D eigenvalue weighted by Gasteiger charge is -2.29. The normalized spacial score (nSPS) is 28.7. The van der Waals surface area contributed by atoms with Gasteiger partial charge in [0.2, 0.25) is 0 Å². The third-order valence-corrected chi connectivity index (χ3v) is 4.00. The van der Waals surface area contributed by atoms with E-state index in [9.17, 15) is 0 Å². The lowest BCUT2D eigenvalue weighted by atomic mass is 9.89. The van der Waals surface area contributed by atoms with E-state index in [1.54, 1.807) is 0 Å². The van der Waals surface area contributed by atoms with Crippen molar-refractivity contribution in [1.29, 1.82) is 0 Å². The molecule has 1 N–H and O–H groups in total. The molecule has 15 heavy (non-hydrogen) atoms. The number of fused-ring (bicyclic) bond motifs is 3. The van der Waals surface area contributed by atoms with Gasteiger partial charge in [-0.15, -0.1) is 0 Å². The lowest BCUT2D eigenvalue weighted by Crippen LogP contribution is -2.27. The highest BCUT2D eigenvalue weighted by Crippen LogP contribution is 2.37. The predicted octanol–water partition coefficient (Wildman–Crippen LogP) is 2.23. The van der Waals surface area contributed by atoms with E-state index in [-0.39, 0.29) is 0 Å². The zero-order chi connectivity index (χ0) is 10.4. The second-order valence-corrected chi connectivity index (χ2v) is 4.76. The van der Waals surface area contributed by atoms with Crippen molar-refractivity contribution in [3.05, 3.63) is 33.8 Å². The fraction of sp³-hybridized carbons (Fsp3) is 0.500. The minimum Gasteiger partial charge on any atom is -0.371 e. The molecule has 3 rings (SSSR count). The van der Waals surface area contributed by atoms with Crippen molar-refractivity contribution in [1.82, 2.24) is 5.32 Å². The van der Waals surface area contributed by atoms with Crippen molar-refractivity contribution in [3.8, 4) is 0 Å². The smallest absolute Gasteiger partial charge is 0.0784 e. The van der Waals surface area contributed by atoms with Gasteiger partial charge in [0.05, 0.1) is 12.7 Å². The second kappa shape index (κ2) is 3.48. The summed E-state index contributed by atoms with van der Waals surface area (Å²) in [5, 5.41) is 4.26. The van der Waals surface area contributed by atoms with Gasteiger partial charge in [-0.1, -0.05) is 23.7 Å². The molecular formula is C12H14ClNO. The number of aryl methyl sites for hydroxylation is 1.